The lowest BCUT2D eigenvalue weighted by molar-refractivity contribution is -0.122. The lowest BCUT2D eigenvalue weighted by Gasteiger charge is -2.16. The predicted octanol–water partition coefficient (Wildman–Crippen LogP) is 3.51. The summed E-state index contributed by atoms with van der Waals surface area (Å²) in [6, 6.07) is 3.88. The third kappa shape index (κ3) is 5.11. The molecule has 1 amide bonds. The number of aromatic nitrogens is 3. The molecule has 6 nitrogen and oxygen atoms in total. The first-order chi connectivity index (χ1) is 11.4. The van der Waals surface area contributed by atoms with Crippen LogP contribution < -0.4 is 5.32 Å². The van der Waals surface area contributed by atoms with Gasteiger partial charge in [-0.05, 0) is 57.1 Å². The van der Waals surface area contributed by atoms with Crippen LogP contribution in [-0.4, -0.2) is 45.4 Å². The zero-order valence-corrected chi connectivity index (χ0v) is 18.1. The Balaban J connectivity index is 2.03. The van der Waals surface area contributed by atoms with Crippen molar-refractivity contribution < 1.29 is 4.79 Å². The van der Waals surface area contributed by atoms with Gasteiger partial charge in [0.25, 0.3) is 0 Å². The number of carbonyl (C=O) groups is 1. The molecule has 0 aliphatic heterocycles. The number of halogens is 3. The molecule has 0 saturated carbocycles. The van der Waals surface area contributed by atoms with Crippen molar-refractivity contribution in [1.82, 2.24) is 25.2 Å². The minimum Gasteiger partial charge on any atom is -0.349 e. The molecule has 2 rings (SSSR count). The molecule has 0 radical (unpaired) electrons. The van der Waals surface area contributed by atoms with Gasteiger partial charge in [-0.15, -0.1) is 5.10 Å². The van der Waals surface area contributed by atoms with Crippen LogP contribution >= 0.6 is 47.8 Å². The van der Waals surface area contributed by atoms with Crippen molar-refractivity contribution in [3.8, 4) is 5.69 Å². The molecule has 9 heteroatoms. The minimum atomic E-state index is -0.0146. The van der Waals surface area contributed by atoms with Crippen LogP contribution in [0.1, 0.15) is 19.5 Å². The van der Waals surface area contributed by atoms with E-state index in [0.29, 0.717) is 18.8 Å². The minimum absolute atomic E-state index is 0.0146. The summed E-state index contributed by atoms with van der Waals surface area (Å²) in [5.41, 5.74) is 1.55. The lowest BCUT2D eigenvalue weighted by Crippen LogP contribution is -2.36. The van der Waals surface area contributed by atoms with E-state index in [0.717, 1.165) is 32.2 Å². The summed E-state index contributed by atoms with van der Waals surface area (Å²) in [4.78, 5) is 14.0. The van der Waals surface area contributed by atoms with Gasteiger partial charge in [-0.25, -0.2) is 4.68 Å². The van der Waals surface area contributed by atoms with E-state index in [2.05, 4.69) is 68.3 Å². The highest BCUT2D eigenvalue weighted by molar-refractivity contribution is 9.11. The average molecular weight is 524 g/mol. The Hall–Kier alpha value is -0.770. The van der Waals surface area contributed by atoms with Crippen molar-refractivity contribution in [3.63, 3.8) is 0 Å². The van der Waals surface area contributed by atoms with Gasteiger partial charge in [0.15, 0.2) is 0 Å². The van der Waals surface area contributed by atoms with Crippen LogP contribution in [0.15, 0.2) is 31.7 Å². The second-order valence-corrected chi connectivity index (χ2v) is 7.73. The van der Waals surface area contributed by atoms with Crippen LogP contribution in [0.2, 0.25) is 0 Å². The summed E-state index contributed by atoms with van der Waals surface area (Å²) in [5.74, 6) is -0.0146. The molecular weight excluding hydrogens is 506 g/mol. The Morgan fingerprint density at radius 1 is 1.21 bits per heavy atom. The topological polar surface area (TPSA) is 63.1 Å². The molecule has 2 aromatic rings. The predicted molar refractivity (Wildman–Crippen MR) is 104 cm³/mol. The summed E-state index contributed by atoms with van der Waals surface area (Å²) in [7, 11) is 0. The Morgan fingerprint density at radius 2 is 1.83 bits per heavy atom. The molecule has 0 spiro atoms. The van der Waals surface area contributed by atoms with Gasteiger partial charge < -0.3 is 5.32 Å². The number of hydrogen-bond donors (Lipinski definition) is 1. The second-order valence-electron chi connectivity index (χ2n) is 5.11. The number of nitrogens with zero attached hydrogens (tertiary/aromatic N) is 4. The highest BCUT2D eigenvalue weighted by Crippen LogP contribution is 2.32. The molecule has 0 aliphatic rings. The summed E-state index contributed by atoms with van der Waals surface area (Å²) in [6.07, 6.45) is 1.80. The van der Waals surface area contributed by atoms with Crippen LogP contribution in [-0.2, 0) is 11.3 Å². The van der Waals surface area contributed by atoms with Crippen LogP contribution in [0.5, 0.6) is 0 Å². The standard InChI is InChI=1S/C15H18Br3N5O/c1-3-22(4-2)9-14(24)19-7-11-8-23(21-20-11)15-12(17)5-10(16)6-13(15)18/h5-6,8H,3-4,7,9H2,1-2H3,(H,19,24). The Kier molecular flexibility index (Phi) is 7.39. The number of carbonyl (C=O) groups excluding carboxylic acids is 1. The molecule has 0 aliphatic carbocycles. The number of hydrogen-bond acceptors (Lipinski definition) is 4. The quantitative estimate of drug-likeness (QED) is 0.603. The molecule has 0 fully saturated rings. The zero-order chi connectivity index (χ0) is 17.7. The second kappa shape index (κ2) is 9.07. The SMILES string of the molecule is CCN(CC)CC(=O)NCc1cn(-c2c(Br)cc(Br)cc2Br)nn1. The van der Waals surface area contributed by atoms with Gasteiger partial charge in [0.05, 0.1) is 25.0 Å². The van der Waals surface area contributed by atoms with Gasteiger partial charge in [-0.2, -0.15) is 0 Å². The van der Waals surface area contributed by atoms with E-state index < -0.39 is 0 Å². The number of amides is 1. The van der Waals surface area contributed by atoms with Crippen molar-refractivity contribution in [2.75, 3.05) is 19.6 Å². The van der Waals surface area contributed by atoms with Gasteiger partial charge in [-0.1, -0.05) is 35.0 Å². The van der Waals surface area contributed by atoms with Gasteiger partial charge in [0.2, 0.25) is 5.91 Å². The van der Waals surface area contributed by atoms with Crippen LogP contribution in [0.4, 0.5) is 0 Å². The fourth-order valence-corrected chi connectivity index (χ4v) is 4.76. The molecule has 0 unspecified atom stereocenters. The monoisotopic (exact) mass is 521 g/mol. The Labute approximate surface area is 166 Å². The summed E-state index contributed by atoms with van der Waals surface area (Å²) >= 11 is 10.5. The largest absolute Gasteiger partial charge is 0.349 e. The number of nitrogens with one attached hydrogen (secondary N) is 1. The number of likely N-dealkylation sites (N-methyl/N-ethyl adjacent to an activating group) is 1. The molecule has 1 aromatic heterocycles. The van der Waals surface area contributed by atoms with Gasteiger partial charge in [0.1, 0.15) is 5.69 Å². The third-order valence-electron chi connectivity index (χ3n) is 3.48. The van der Waals surface area contributed by atoms with Gasteiger partial charge in [0, 0.05) is 13.4 Å². The van der Waals surface area contributed by atoms with Gasteiger partial charge in [-0.3, -0.25) is 9.69 Å². The maximum Gasteiger partial charge on any atom is 0.234 e. The molecule has 0 atom stereocenters. The molecule has 130 valence electrons. The van der Waals surface area contributed by atoms with Crippen LogP contribution in [0, 0.1) is 0 Å². The third-order valence-corrected chi connectivity index (χ3v) is 5.15. The first kappa shape index (κ1) is 19.6. The van der Waals surface area contributed by atoms with Crippen molar-refractivity contribution in [3.05, 3.63) is 37.4 Å². The van der Waals surface area contributed by atoms with E-state index >= 15 is 0 Å². The molecule has 1 N–H and O–H groups in total. The van der Waals surface area contributed by atoms with E-state index in [1.807, 2.05) is 26.0 Å². The molecule has 24 heavy (non-hydrogen) atoms. The molecular formula is C15H18Br3N5O. The van der Waals surface area contributed by atoms with Gasteiger partial charge >= 0.3 is 0 Å². The first-order valence-electron chi connectivity index (χ1n) is 7.49. The maximum absolute atomic E-state index is 11.9. The zero-order valence-electron chi connectivity index (χ0n) is 13.4. The summed E-state index contributed by atoms with van der Waals surface area (Å²) in [5, 5.41) is 11.1. The Bertz CT molecular complexity index is 692. The van der Waals surface area contributed by atoms with Crippen LogP contribution in [0.3, 0.4) is 0 Å². The maximum atomic E-state index is 11.9. The van der Waals surface area contributed by atoms with E-state index in [9.17, 15) is 4.79 Å². The average Bonchev–Trinajstić information content (AvgIpc) is 2.98. The number of rotatable bonds is 7. The highest BCUT2D eigenvalue weighted by atomic mass is 79.9. The summed E-state index contributed by atoms with van der Waals surface area (Å²) in [6.45, 7) is 6.53. The normalized spacial score (nSPS) is 11.1. The van der Waals surface area contributed by atoms with Crippen molar-refractivity contribution in [1.29, 1.82) is 0 Å². The van der Waals surface area contributed by atoms with Crippen LogP contribution in [0.25, 0.3) is 5.69 Å². The van der Waals surface area contributed by atoms with E-state index in [-0.39, 0.29) is 5.91 Å². The van der Waals surface area contributed by atoms with Crippen molar-refractivity contribution >= 4 is 53.7 Å². The number of benzene rings is 1. The first-order valence-corrected chi connectivity index (χ1v) is 9.87. The molecule has 1 aromatic carbocycles. The smallest absolute Gasteiger partial charge is 0.234 e. The highest BCUT2D eigenvalue weighted by Gasteiger charge is 2.12. The fraction of sp³-hybridized carbons (Fsp3) is 0.400. The Morgan fingerprint density at radius 3 is 2.42 bits per heavy atom. The molecule has 0 saturated heterocycles. The van der Waals surface area contributed by atoms with Crippen molar-refractivity contribution in [2.24, 2.45) is 0 Å². The molecule has 1 heterocycles. The fourth-order valence-electron chi connectivity index (χ4n) is 2.14. The van der Waals surface area contributed by atoms with E-state index in [1.165, 1.54) is 0 Å². The van der Waals surface area contributed by atoms with E-state index in [4.69, 9.17) is 0 Å². The summed E-state index contributed by atoms with van der Waals surface area (Å²) < 4.78 is 4.39. The lowest BCUT2D eigenvalue weighted by atomic mass is 10.3. The van der Waals surface area contributed by atoms with E-state index in [1.54, 1.807) is 10.9 Å². The van der Waals surface area contributed by atoms with Crippen molar-refractivity contribution in [2.45, 2.75) is 20.4 Å². The molecule has 0 bridgehead atoms.